The molecule has 94 valence electrons. The van der Waals surface area contributed by atoms with E-state index in [9.17, 15) is 9.90 Å². The van der Waals surface area contributed by atoms with E-state index >= 15 is 0 Å². The Morgan fingerprint density at radius 3 is 2.71 bits per heavy atom. The topological polar surface area (TPSA) is 75.4 Å². The standard InChI is InChI=1S/C13H20N2O2/c1-4-8(2)12(14)13(17)15-10-5-6-11(16)9(3)7-10/h5-8,12,16H,4,14H2,1-3H3,(H,15,17). The van der Waals surface area contributed by atoms with Crippen molar-refractivity contribution in [3.63, 3.8) is 0 Å². The van der Waals surface area contributed by atoms with E-state index in [0.717, 1.165) is 12.0 Å². The molecule has 0 bridgehead atoms. The third-order valence-electron chi connectivity index (χ3n) is 3.02. The van der Waals surface area contributed by atoms with Crippen molar-refractivity contribution in [3.8, 4) is 5.75 Å². The van der Waals surface area contributed by atoms with E-state index in [1.165, 1.54) is 0 Å². The molecule has 0 radical (unpaired) electrons. The highest BCUT2D eigenvalue weighted by atomic mass is 16.3. The molecule has 1 aromatic rings. The van der Waals surface area contributed by atoms with E-state index in [1.54, 1.807) is 25.1 Å². The monoisotopic (exact) mass is 236 g/mol. The smallest absolute Gasteiger partial charge is 0.241 e. The maximum absolute atomic E-state index is 11.8. The molecule has 0 saturated carbocycles. The zero-order valence-electron chi connectivity index (χ0n) is 10.5. The van der Waals surface area contributed by atoms with Crippen LogP contribution >= 0.6 is 0 Å². The van der Waals surface area contributed by atoms with Gasteiger partial charge in [0.2, 0.25) is 5.91 Å². The Morgan fingerprint density at radius 1 is 1.53 bits per heavy atom. The van der Waals surface area contributed by atoms with Gasteiger partial charge in [-0.15, -0.1) is 0 Å². The van der Waals surface area contributed by atoms with E-state index in [2.05, 4.69) is 5.32 Å². The Hall–Kier alpha value is -1.55. The summed E-state index contributed by atoms with van der Waals surface area (Å²) in [6, 6.07) is 4.42. The SMILES string of the molecule is CCC(C)C(N)C(=O)Nc1ccc(O)c(C)c1. The number of rotatable bonds is 4. The molecule has 17 heavy (non-hydrogen) atoms. The number of carbonyl (C=O) groups excluding carboxylic acids is 1. The van der Waals surface area contributed by atoms with Crippen LogP contribution in [0.1, 0.15) is 25.8 Å². The van der Waals surface area contributed by atoms with Crippen LogP contribution in [0.3, 0.4) is 0 Å². The van der Waals surface area contributed by atoms with Crippen molar-refractivity contribution in [2.24, 2.45) is 11.7 Å². The first-order valence-corrected chi connectivity index (χ1v) is 5.81. The van der Waals surface area contributed by atoms with Crippen LogP contribution in [0.2, 0.25) is 0 Å². The lowest BCUT2D eigenvalue weighted by Crippen LogP contribution is -2.40. The van der Waals surface area contributed by atoms with Crippen molar-refractivity contribution in [2.75, 3.05) is 5.32 Å². The van der Waals surface area contributed by atoms with E-state index in [4.69, 9.17) is 5.73 Å². The van der Waals surface area contributed by atoms with E-state index in [-0.39, 0.29) is 17.6 Å². The number of nitrogens with one attached hydrogen (secondary N) is 1. The molecule has 0 aliphatic heterocycles. The van der Waals surface area contributed by atoms with Gasteiger partial charge in [0.15, 0.2) is 0 Å². The minimum Gasteiger partial charge on any atom is -0.508 e. The van der Waals surface area contributed by atoms with E-state index in [0.29, 0.717) is 5.69 Å². The number of carbonyl (C=O) groups is 1. The molecule has 0 heterocycles. The Bertz CT molecular complexity index is 404. The lowest BCUT2D eigenvalue weighted by atomic mass is 9.99. The Kier molecular flexibility index (Phi) is 4.52. The van der Waals surface area contributed by atoms with Crippen molar-refractivity contribution in [2.45, 2.75) is 33.2 Å². The van der Waals surface area contributed by atoms with Crippen molar-refractivity contribution >= 4 is 11.6 Å². The lowest BCUT2D eigenvalue weighted by molar-refractivity contribution is -0.118. The van der Waals surface area contributed by atoms with Gasteiger partial charge >= 0.3 is 0 Å². The minimum absolute atomic E-state index is 0.146. The average Bonchev–Trinajstić information content (AvgIpc) is 2.31. The highest BCUT2D eigenvalue weighted by Crippen LogP contribution is 2.20. The highest BCUT2D eigenvalue weighted by Gasteiger charge is 2.19. The molecule has 0 aliphatic rings. The quantitative estimate of drug-likeness (QED) is 0.700. The minimum atomic E-state index is -0.505. The molecular weight excluding hydrogens is 216 g/mol. The molecule has 0 spiro atoms. The van der Waals surface area contributed by atoms with Crippen molar-refractivity contribution in [1.29, 1.82) is 0 Å². The largest absolute Gasteiger partial charge is 0.508 e. The molecule has 4 N–H and O–H groups in total. The number of hydrogen-bond acceptors (Lipinski definition) is 3. The number of anilines is 1. The predicted molar refractivity (Wildman–Crippen MR) is 68.9 cm³/mol. The van der Waals surface area contributed by atoms with Crippen LogP contribution in [-0.2, 0) is 4.79 Å². The first kappa shape index (κ1) is 13.5. The lowest BCUT2D eigenvalue weighted by Gasteiger charge is -2.17. The van der Waals surface area contributed by atoms with Crippen LogP contribution in [0.15, 0.2) is 18.2 Å². The average molecular weight is 236 g/mol. The number of aromatic hydroxyl groups is 1. The second-order valence-electron chi connectivity index (χ2n) is 4.40. The fraction of sp³-hybridized carbons (Fsp3) is 0.462. The van der Waals surface area contributed by atoms with Gasteiger partial charge in [-0.1, -0.05) is 20.3 Å². The van der Waals surface area contributed by atoms with E-state index in [1.807, 2.05) is 13.8 Å². The molecule has 1 aromatic carbocycles. The van der Waals surface area contributed by atoms with Crippen LogP contribution in [0, 0.1) is 12.8 Å². The Labute approximate surface area is 102 Å². The van der Waals surface area contributed by atoms with Gasteiger partial charge in [0.25, 0.3) is 0 Å². The maximum Gasteiger partial charge on any atom is 0.241 e. The fourth-order valence-electron chi connectivity index (χ4n) is 1.47. The van der Waals surface area contributed by atoms with Crippen LogP contribution < -0.4 is 11.1 Å². The van der Waals surface area contributed by atoms with Gasteiger partial charge in [-0.25, -0.2) is 0 Å². The summed E-state index contributed by atoms with van der Waals surface area (Å²) in [4.78, 5) is 11.8. The van der Waals surface area contributed by atoms with Gasteiger partial charge in [0.05, 0.1) is 6.04 Å². The number of benzene rings is 1. The van der Waals surface area contributed by atoms with Gasteiger partial charge in [0, 0.05) is 5.69 Å². The van der Waals surface area contributed by atoms with Gasteiger partial charge in [-0.05, 0) is 36.6 Å². The zero-order valence-corrected chi connectivity index (χ0v) is 10.5. The third-order valence-corrected chi connectivity index (χ3v) is 3.02. The van der Waals surface area contributed by atoms with Crippen LogP contribution in [-0.4, -0.2) is 17.1 Å². The summed E-state index contributed by atoms with van der Waals surface area (Å²) in [6.45, 7) is 5.73. The molecule has 0 fully saturated rings. The Balaban J connectivity index is 2.71. The third kappa shape index (κ3) is 3.46. The summed E-state index contributed by atoms with van der Waals surface area (Å²) in [6.07, 6.45) is 0.864. The van der Waals surface area contributed by atoms with Crippen LogP contribution in [0.4, 0.5) is 5.69 Å². The number of nitrogens with two attached hydrogens (primary N) is 1. The summed E-state index contributed by atoms with van der Waals surface area (Å²) in [5.41, 5.74) is 7.20. The number of aryl methyl sites for hydroxylation is 1. The predicted octanol–water partition coefficient (Wildman–Crippen LogP) is 2.01. The van der Waals surface area contributed by atoms with Crippen LogP contribution in [0.25, 0.3) is 0 Å². The summed E-state index contributed by atoms with van der Waals surface area (Å²) in [7, 11) is 0. The molecular formula is C13H20N2O2. The molecule has 4 heteroatoms. The second-order valence-corrected chi connectivity index (χ2v) is 4.40. The molecule has 2 atom stereocenters. The van der Waals surface area contributed by atoms with Gasteiger partial charge < -0.3 is 16.2 Å². The number of phenolic OH excluding ortho intramolecular Hbond substituents is 1. The number of phenols is 1. The first-order valence-electron chi connectivity index (χ1n) is 5.81. The molecule has 1 rings (SSSR count). The summed E-state index contributed by atoms with van der Waals surface area (Å²) < 4.78 is 0. The number of amides is 1. The number of hydrogen-bond donors (Lipinski definition) is 3. The normalized spacial score (nSPS) is 14.1. The second kappa shape index (κ2) is 5.68. The molecule has 0 saturated heterocycles. The van der Waals surface area contributed by atoms with Crippen molar-refractivity contribution in [3.05, 3.63) is 23.8 Å². The molecule has 1 amide bonds. The van der Waals surface area contributed by atoms with Gasteiger partial charge in [-0.2, -0.15) is 0 Å². The first-order chi connectivity index (χ1) is 7.95. The van der Waals surface area contributed by atoms with Gasteiger partial charge in [0.1, 0.15) is 5.75 Å². The summed E-state index contributed by atoms with van der Waals surface area (Å²) >= 11 is 0. The zero-order chi connectivity index (χ0) is 13.0. The van der Waals surface area contributed by atoms with Crippen molar-refractivity contribution < 1.29 is 9.90 Å². The summed E-state index contributed by atoms with van der Waals surface area (Å²) in [5, 5.41) is 12.1. The summed E-state index contributed by atoms with van der Waals surface area (Å²) in [5.74, 6) is 0.173. The maximum atomic E-state index is 11.8. The molecule has 0 aliphatic carbocycles. The van der Waals surface area contributed by atoms with E-state index < -0.39 is 6.04 Å². The highest BCUT2D eigenvalue weighted by molar-refractivity contribution is 5.95. The fourth-order valence-corrected chi connectivity index (χ4v) is 1.47. The molecule has 4 nitrogen and oxygen atoms in total. The molecule has 0 aromatic heterocycles. The van der Waals surface area contributed by atoms with Gasteiger partial charge in [-0.3, -0.25) is 4.79 Å². The van der Waals surface area contributed by atoms with Crippen molar-refractivity contribution in [1.82, 2.24) is 0 Å². The molecule has 2 unspecified atom stereocenters. The Morgan fingerprint density at radius 2 is 2.18 bits per heavy atom. The van der Waals surface area contributed by atoms with Crippen LogP contribution in [0.5, 0.6) is 5.75 Å².